The Morgan fingerprint density at radius 1 is 1.20 bits per heavy atom. The highest BCUT2D eigenvalue weighted by atomic mass is 16.7. The summed E-state index contributed by atoms with van der Waals surface area (Å²) in [6, 6.07) is 5.50. The lowest BCUT2D eigenvalue weighted by atomic mass is 10.1. The number of fused-ring (bicyclic) bond motifs is 1. The van der Waals surface area contributed by atoms with Crippen molar-refractivity contribution in [1.82, 2.24) is 9.80 Å². The topological polar surface area (TPSA) is 71.5 Å². The summed E-state index contributed by atoms with van der Waals surface area (Å²) in [6.45, 7) is 8.95. The highest BCUT2D eigenvalue weighted by molar-refractivity contribution is 5.68. The maximum atomic E-state index is 12.1. The van der Waals surface area contributed by atoms with Crippen molar-refractivity contribution in [3.8, 4) is 11.5 Å². The number of hydrogen-bond acceptors (Lipinski definition) is 6. The number of aliphatic hydroxyl groups excluding tert-OH is 1. The molecule has 1 fully saturated rings. The van der Waals surface area contributed by atoms with Crippen LogP contribution in [0.25, 0.3) is 0 Å². The third kappa shape index (κ3) is 4.55. The first-order valence-electron chi connectivity index (χ1n) is 8.60. The van der Waals surface area contributed by atoms with E-state index in [4.69, 9.17) is 14.2 Å². The summed E-state index contributed by atoms with van der Waals surface area (Å²) in [7, 11) is 0. The maximum Gasteiger partial charge on any atom is 0.410 e. The van der Waals surface area contributed by atoms with Crippen molar-refractivity contribution in [2.24, 2.45) is 0 Å². The van der Waals surface area contributed by atoms with E-state index in [9.17, 15) is 9.90 Å². The van der Waals surface area contributed by atoms with Gasteiger partial charge in [0.2, 0.25) is 6.79 Å². The summed E-state index contributed by atoms with van der Waals surface area (Å²) in [5.41, 5.74) is 0.322. The van der Waals surface area contributed by atoms with Gasteiger partial charge in [0.25, 0.3) is 0 Å². The zero-order valence-electron chi connectivity index (χ0n) is 15.0. The minimum absolute atomic E-state index is 0.224. The van der Waals surface area contributed by atoms with Gasteiger partial charge >= 0.3 is 6.09 Å². The normalized spacial score (nSPS) is 19.0. The molecule has 0 spiro atoms. The Hall–Kier alpha value is -1.99. The summed E-state index contributed by atoms with van der Waals surface area (Å²) >= 11 is 0. The summed E-state index contributed by atoms with van der Waals surface area (Å²) in [5.74, 6) is 1.38. The molecule has 1 N–H and O–H groups in total. The van der Waals surface area contributed by atoms with Crippen molar-refractivity contribution in [3.63, 3.8) is 0 Å². The lowest BCUT2D eigenvalue weighted by Gasteiger charge is -2.36. The maximum absolute atomic E-state index is 12.1. The van der Waals surface area contributed by atoms with Gasteiger partial charge in [-0.25, -0.2) is 4.79 Å². The van der Waals surface area contributed by atoms with E-state index < -0.39 is 11.7 Å². The van der Waals surface area contributed by atoms with E-state index in [1.165, 1.54) is 0 Å². The Bertz CT molecular complexity index is 620. The van der Waals surface area contributed by atoms with Gasteiger partial charge in [-0.2, -0.15) is 0 Å². The largest absolute Gasteiger partial charge is 0.454 e. The quantitative estimate of drug-likeness (QED) is 0.899. The molecule has 0 saturated carbocycles. The van der Waals surface area contributed by atoms with Crippen LogP contribution in [0.3, 0.4) is 0 Å². The van der Waals surface area contributed by atoms with Crippen LogP contribution in [-0.2, 0) is 4.74 Å². The van der Waals surface area contributed by atoms with E-state index in [0.717, 1.165) is 5.56 Å². The molecule has 0 radical (unpaired) electrons. The molecule has 1 amide bonds. The van der Waals surface area contributed by atoms with Crippen molar-refractivity contribution in [2.45, 2.75) is 32.5 Å². The molecule has 25 heavy (non-hydrogen) atoms. The third-order valence-electron chi connectivity index (χ3n) is 4.24. The first-order valence-corrected chi connectivity index (χ1v) is 8.60. The lowest BCUT2D eigenvalue weighted by molar-refractivity contribution is 0.0101. The predicted molar refractivity (Wildman–Crippen MR) is 91.8 cm³/mol. The van der Waals surface area contributed by atoms with Gasteiger partial charge in [-0.1, -0.05) is 6.07 Å². The van der Waals surface area contributed by atoms with Crippen LogP contribution in [0.4, 0.5) is 4.79 Å². The molecule has 0 aliphatic carbocycles. The van der Waals surface area contributed by atoms with Gasteiger partial charge in [-0.15, -0.1) is 0 Å². The second-order valence-electron chi connectivity index (χ2n) is 7.40. The van der Waals surface area contributed by atoms with Crippen molar-refractivity contribution in [2.75, 3.05) is 39.5 Å². The third-order valence-corrected chi connectivity index (χ3v) is 4.24. The van der Waals surface area contributed by atoms with Crippen LogP contribution < -0.4 is 9.47 Å². The average Bonchev–Trinajstić information content (AvgIpc) is 3.01. The lowest BCUT2D eigenvalue weighted by Crippen LogP contribution is -2.50. The molecule has 1 unspecified atom stereocenters. The fourth-order valence-corrected chi connectivity index (χ4v) is 2.91. The number of aliphatic hydroxyl groups is 1. The average molecular weight is 350 g/mol. The standard InChI is InChI=1S/C18H26N2O5/c1-18(2,3)25-17(22)20-8-6-19(7-9-20)11-14(21)13-4-5-15-16(10-13)24-12-23-15/h4-5,10,14,21H,6-9,11-12H2,1-3H3. The number of nitrogens with zero attached hydrogens (tertiary/aromatic N) is 2. The number of carbonyl (C=O) groups excluding carboxylic acids is 1. The fraction of sp³-hybridized carbons (Fsp3) is 0.611. The van der Waals surface area contributed by atoms with Crippen LogP contribution in [0, 0.1) is 0 Å². The van der Waals surface area contributed by atoms with E-state index in [2.05, 4.69) is 4.90 Å². The zero-order valence-corrected chi connectivity index (χ0v) is 15.0. The number of amides is 1. The molecule has 0 bridgehead atoms. The van der Waals surface area contributed by atoms with Gasteiger partial charge in [0, 0.05) is 32.7 Å². The van der Waals surface area contributed by atoms with Gasteiger partial charge in [0.15, 0.2) is 11.5 Å². The molecular formula is C18H26N2O5. The SMILES string of the molecule is CC(C)(C)OC(=O)N1CCN(CC(O)c2ccc3c(c2)OCO3)CC1. The Kier molecular flexibility index (Phi) is 5.06. The molecule has 2 aliphatic rings. The van der Waals surface area contributed by atoms with Crippen LogP contribution >= 0.6 is 0 Å². The molecule has 138 valence electrons. The second-order valence-corrected chi connectivity index (χ2v) is 7.40. The number of piperazine rings is 1. The number of benzene rings is 1. The number of carbonyl (C=O) groups is 1. The number of rotatable bonds is 3. The Morgan fingerprint density at radius 2 is 1.88 bits per heavy atom. The van der Waals surface area contributed by atoms with E-state index in [-0.39, 0.29) is 12.9 Å². The molecule has 1 atom stereocenters. The van der Waals surface area contributed by atoms with Gasteiger partial charge in [0.1, 0.15) is 5.60 Å². The molecule has 1 aromatic carbocycles. The molecular weight excluding hydrogens is 324 g/mol. The zero-order chi connectivity index (χ0) is 18.0. The smallest absolute Gasteiger partial charge is 0.410 e. The molecule has 7 heteroatoms. The first-order chi connectivity index (χ1) is 11.8. The van der Waals surface area contributed by atoms with Crippen LogP contribution in [-0.4, -0.2) is 66.1 Å². The summed E-state index contributed by atoms with van der Waals surface area (Å²) in [6.07, 6.45) is -0.883. The Morgan fingerprint density at radius 3 is 2.56 bits per heavy atom. The second kappa shape index (κ2) is 7.09. The van der Waals surface area contributed by atoms with Gasteiger partial charge in [0.05, 0.1) is 6.10 Å². The molecule has 2 heterocycles. The Balaban J connectivity index is 1.49. The van der Waals surface area contributed by atoms with Crippen molar-refractivity contribution in [1.29, 1.82) is 0 Å². The fourth-order valence-electron chi connectivity index (χ4n) is 2.91. The molecule has 1 aromatic rings. The predicted octanol–water partition coefficient (Wildman–Crippen LogP) is 2.00. The van der Waals surface area contributed by atoms with Gasteiger partial charge in [-0.05, 0) is 38.5 Å². The van der Waals surface area contributed by atoms with Crippen LogP contribution in [0.15, 0.2) is 18.2 Å². The molecule has 7 nitrogen and oxygen atoms in total. The van der Waals surface area contributed by atoms with Crippen molar-refractivity contribution in [3.05, 3.63) is 23.8 Å². The van der Waals surface area contributed by atoms with E-state index in [0.29, 0.717) is 44.2 Å². The van der Waals surface area contributed by atoms with Crippen molar-refractivity contribution >= 4 is 6.09 Å². The minimum atomic E-state index is -0.609. The van der Waals surface area contributed by atoms with Crippen LogP contribution in [0.1, 0.15) is 32.4 Å². The monoisotopic (exact) mass is 350 g/mol. The number of hydrogen-bond donors (Lipinski definition) is 1. The molecule has 0 aromatic heterocycles. The van der Waals surface area contributed by atoms with Crippen molar-refractivity contribution < 1.29 is 24.1 Å². The molecule has 3 rings (SSSR count). The van der Waals surface area contributed by atoms with E-state index in [1.54, 1.807) is 4.90 Å². The summed E-state index contributed by atoms with van der Waals surface area (Å²) < 4.78 is 16.0. The van der Waals surface area contributed by atoms with E-state index >= 15 is 0 Å². The number of β-amino-alcohol motifs (C(OH)–C–C–N with tert-alkyl or cyclic N) is 1. The van der Waals surface area contributed by atoms with E-state index in [1.807, 2.05) is 39.0 Å². The Labute approximate surface area is 148 Å². The first kappa shape index (κ1) is 17.8. The van der Waals surface area contributed by atoms with Crippen LogP contribution in [0.2, 0.25) is 0 Å². The highest BCUT2D eigenvalue weighted by Crippen LogP contribution is 2.34. The van der Waals surface area contributed by atoms with Gasteiger partial charge in [-0.3, -0.25) is 4.90 Å². The van der Waals surface area contributed by atoms with Crippen LogP contribution in [0.5, 0.6) is 11.5 Å². The highest BCUT2D eigenvalue weighted by Gasteiger charge is 2.27. The minimum Gasteiger partial charge on any atom is -0.454 e. The molecule has 1 saturated heterocycles. The molecule has 2 aliphatic heterocycles. The number of ether oxygens (including phenoxy) is 3. The summed E-state index contributed by atoms with van der Waals surface area (Å²) in [5, 5.41) is 10.5. The summed E-state index contributed by atoms with van der Waals surface area (Å²) in [4.78, 5) is 15.9. The van der Waals surface area contributed by atoms with Gasteiger partial charge < -0.3 is 24.2 Å².